The maximum absolute atomic E-state index is 13.1. The number of benzene rings is 3. The van der Waals surface area contributed by atoms with Gasteiger partial charge in [0.25, 0.3) is 5.91 Å². The highest BCUT2D eigenvalue weighted by Gasteiger charge is 2.44. The van der Waals surface area contributed by atoms with E-state index in [9.17, 15) is 9.59 Å². The number of hydrogen-bond acceptors (Lipinski definition) is 5. The fourth-order valence-corrected chi connectivity index (χ4v) is 4.92. The summed E-state index contributed by atoms with van der Waals surface area (Å²) < 4.78 is 17.0. The van der Waals surface area contributed by atoms with E-state index in [1.54, 1.807) is 0 Å². The Morgan fingerprint density at radius 2 is 1.77 bits per heavy atom. The van der Waals surface area contributed by atoms with Crippen molar-refractivity contribution >= 4 is 22.6 Å². The van der Waals surface area contributed by atoms with Crippen molar-refractivity contribution in [2.75, 3.05) is 13.7 Å². The van der Waals surface area contributed by atoms with Crippen LogP contribution in [0.2, 0.25) is 0 Å². The van der Waals surface area contributed by atoms with E-state index in [4.69, 9.17) is 14.2 Å². The third-order valence-corrected chi connectivity index (χ3v) is 6.68. The summed E-state index contributed by atoms with van der Waals surface area (Å²) >= 11 is 0. The van der Waals surface area contributed by atoms with E-state index in [1.165, 1.54) is 13.4 Å². The van der Waals surface area contributed by atoms with Crippen LogP contribution in [-0.4, -0.2) is 31.8 Å². The van der Waals surface area contributed by atoms with E-state index < -0.39 is 12.3 Å². The molecule has 3 atom stereocenters. The van der Waals surface area contributed by atoms with Crippen molar-refractivity contribution in [2.24, 2.45) is 11.8 Å². The monoisotopic (exact) mass is 469 g/mol. The van der Waals surface area contributed by atoms with E-state index in [0.717, 1.165) is 21.9 Å². The molecule has 0 radical (unpaired) electrons. The molecule has 0 bridgehead atoms. The summed E-state index contributed by atoms with van der Waals surface area (Å²) in [5.41, 5.74) is 3.13. The Labute approximate surface area is 204 Å². The van der Waals surface area contributed by atoms with Gasteiger partial charge < -0.3 is 19.5 Å². The van der Waals surface area contributed by atoms with Gasteiger partial charge in [-0.15, -0.1) is 0 Å². The highest BCUT2D eigenvalue weighted by atomic mass is 16.7. The van der Waals surface area contributed by atoms with Crippen molar-refractivity contribution in [3.8, 4) is 0 Å². The second-order valence-corrected chi connectivity index (χ2v) is 8.72. The zero-order chi connectivity index (χ0) is 24.2. The van der Waals surface area contributed by atoms with E-state index >= 15 is 0 Å². The zero-order valence-electron chi connectivity index (χ0n) is 19.5. The van der Waals surface area contributed by atoms with Crippen molar-refractivity contribution in [1.82, 2.24) is 5.32 Å². The Morgan fingerprint density at radius 1 is 1.00 bits per heavy atom. The number of carbonyl (C=O) groups is 2. The number of allylic oxidation sites excluding steroid dienone is 1. The first-order valence-corrected chi connectivity index (χ1v) is 11.7. The molecule has 1 heterocycles. The van der Waals surface area contributed by atoms with Crippen molar-refractivity contribution in [3.05, 3.63) is 107 Å². The summed E-state index contributed by atoms with van der Waals surface area (Å²) in [6, 6.07) is 23.4. The lowest BCUT2D eigenvalue weighted by molar-refractivity contribution is -0.160. The fourth-order valence-electron chi connectivity index (χ4n) is 4.92. The van der Waals surface area contributed by atoms with Gasteiger partial charge in [-0.25, -0.2) is 4.79 Å². The van der Waals surface area contributed by atoms with Gasteiger partial charge in [-0.1, -0.05) is 72.8 Å². The third-order valence-electron chi connectivity index (χ3n) is 6.68. The molecule has 35 heavy (non-hydrogen) atoms. The number of amides is 1. The molecule has 1 aliphatic heterocycles. The predicted molar refractivity (Wildman–Crippen MR) is 132 cm³/mol. The van der Waals surface area contributed by atoms with Crippen molar-refractivity contribution in [2.45, 2.75) is 19.3 Å². The summed E-state index contributed by atoms with van der Waals surface area (Å²) in [5.74, 6) is -0.878. The van der Waals surface area contributed by atoms with Crippen LogP contribution in [0.25, 0.3) is 10.8 Å². The Morgan fingerprint density at radius 3 is 2.60 bits per heavy atom. The van der Waals surface area contributed by atoms with E-state index in [-0.39, 0.29) is 17.7 Å². The van der Waals surface area contributed by atoms with Crippen LogP contribution < -0.4 is 5.32 Å². The molecule has 3 aromatic carbocycles. The molecular formula is C29H27NO5. The van der Waals surface area contributed by atoms with Gasteiger partial charge in [0.2, 0.25) is 6.29 Å². The van der Waals surface area contributed by atoms with Gasteiger partial charge >= 0.3 is 5.97 Å². The van der Waals surface area contributed by atoms with E-state index in [0.29, 0.717) is 30.7 Å². The number of methoxy groups -OCH3 is 1. The highest BCUT2D eigenvalue weighted by molar-refractivity contribution is 6.07. The minimum atomic E-state index is -0.572. The van der Waals surface area contributed by atoms with Crippen molar-refractivity contribution in [3.63, 3.8) is 0 Å². The fraction of sp³-hybridized carbons (Fsp3) is 0.241. The minimum absolute atomic E-state index is 0.124. The molecule has 0 saturated heterocycles. The summed E-state index contributed by atoms with van der Waals surface area (Å²) in [4.78, 5) is 25.5. The zero-order valence-corrected chi connectivity index (χ0v) is 19.5. The molecule has 2 aliphatic rings. The average molecular weight is 470 g/mol. The molecule has 6 nitrogen and oxygen atoms in total. The van der Waals surface area contributed by atoms with Gasteiger partial charge in [-0.2, -0.15) is 0 Å². The smallest absolute Gasteiger partial charge is 0.337 e. The summed E-state index contributed by atoms with van der Waals surface area (Å²) in [6.07, 6.45) is 3.62. The van der Waals surface area contributed by atoms with Crippen LogP contribution in [0.1, 0.15) is 22.3 Å². The molecule has 1 N–H and O–H groups in total. The van der Waals surface area contributed by atoms with E-state index in [2.05, 4.69) is 11.4 Å². The number of carbonyl (C=O) groups excluding carboxylic acids is 2. The number of ether oxygens (including phenoxy) is 3. The molecule has 0 fully saturated rings. The highest BCUT2D eigenvalue weighted by Crippen LogP contribution is 2.43. The predicted octanol–water partition coefficient (Wildman–Crippen LogP) is 4.76. The Kier molecular flexibility index (Phi) is 6.64. The second kappa shape index (κ2) is 10.2. The van der Waals surface area contributed by atoms with Gasteiger partial charge in [0.1, 0.15) is 0 Å². The molecular weight excluding hydrogens is 442 g/mol. The molecule has 6 heteroatoms. The normalized spacial score (nSPS) is 20.9. The molecule has 1 aliphatic carbocycles. The lowest BCUT2D eigenvalue weighted by Gasteiger charge is -2.35. The standard InChI is InChI=1S/C29H27NO5/c1-33-28(32)25-18-35-29(34-17-19-8-3-2-4-9-19)26-21(14-15-23(25)26)16-30-27(31)24-13-7-11-20-10-5-6-12-22(20)24/h2-14,18,23,26,29H,15-17H2,1H3,(H,30,31)/t23-,26-,29-/m1/s1. The number of hydrogen-bond donors (Lipinski definition) is 1. The van der Waals surface area contributed by atoms with E-state index in [1.807, 2.05) is 72.8 Å². The van der Waals surface area contributed by atoms with Crippen LogP contribution in [0.4, 0.5) is 0 Å². The minimum Gasteiger partial charge on any atom is -0.471 e. The first-order chi connectivity index (χ1) is 17.2. The number of esters is 1. The molecule has 3 aromatic rings. The average Bonchev–Trinajstić information content (AvgIpc) is 3.34. The Hall–Kier alpha value is -3.90. The van der Waals surface area contributed by atoms with Crippen LogP contribution in [-0.2, 0) is 25.6 Å². The second-order valence-electron chi connectivity index (χ2n) is 8.72. The first-order valence-electron chi connectivity index (χ1n) is 11.7. The first kappa shape index (κ1) is 22.9. The van der Waals surface area contributed by atoms with Gasteiger partial charge in [0.05, 0.1) is 31.5 Å². The molecule has 0 unspecified atom stereocenters. The Bertz CT molecular complexity index is 1290. The third kappa shape index (κ3) is 4.70. The lowest BCUT2D eigenvalue weighted by Crippen LogP contribution is -2.39. The number of nitrogens with one attached hydrogen (secondary N) is 1. The molecule has 0 spiro atoms. The number of rotatable bonds is 7. The van der Waals surface area contributed by atoms with Gasteiger partial charge in [0, 0.05) is 18.0 Å². The van der Waals surface area contributed by atoms with Crippen LogP contribution >= 0.6 is 0 Å². The molecule has 178 valence electrons. The summed E-state index contributed by atoms with van der Waals surface area (Å²) in [6.45, 7) is 0.720. The van der Waals surface area contributed by atoms with Crippen LogP contribution in [0.15, 0.2) is 96.3 Å². The van der Waals surface area contributed by atoms with Crippen LogP contribution in [0, 0.1) is 11.8 Å². The van der Waals surface area contributed by atoms with Gasteiger partial charge in [-0.05, 0) is 34.4 Å². The largest absolute Gasteiger partial charge is 0.471 e. The Balaban J connectivity index is 1.33. The maximum atomic E-state index is 13.1. The molecule has 1 amide bonds. The summed E-state index contributed by atoms with van der Waals surface area (Å²) in [5, 5.41) is 4.99. The van der Waals surface area contributed by atoms with Crippen LogP contribution in [0.3, 0.4) is 0 Å². The number of fused-ring (bicyclic) bond motifs is 2. The van der Waals surface area contributed by atoms with Crippen molar-refractivity contribution < 1.29 is 23.8 Å². The molecule has 0 aromatic heterocycles. The summed E-state index contributed by atoms with van der Waals surface area (Å²) in [7, 11) is 1.36. The lowest BCUT2D eigenvalue weighted by atomic mass is 9.83. The van der Waals surface area contributed by atoms with Gasteiger partial charge in [0.15, 0.2) is 0 Å². The topological polar surface area (TPSA) is 73.9 Å². The molecule has 5 rings (SSSR count). The maximum Gasteiger partial charge on any atom is 0.337 e. The quantitative estimate of drug-likeness (QED) is 0.399. The van der Waals surface area contributed by atoms with Gasteiger partial charge in [-0.3, -0.25) is 4.79 Å². The SMILES string of the molecule is COC(=O)C1=CO[C@@H](OCc2ccccc2)[C@@H]2C(CNC(=O)c3cccc4ccccc34)=CC[C@H]12. The van der Waals surface area contributed by atoms with Crippen molar-refractivity contribution in [1.29, 1.82) is 0 Å². The molecule has 0 saturated carbocycles. The van der Waals surface area contributed by atoms with Crippen LogP contribution in [0.5, 0.6) is 0 Å².